The number of fused-ring (bicyclic) bond motifs is 7. The number of benzene rings is 10. The van der Waals surface area contributed by atoms with Crippen molar-refractivity contribution in [2.75, 3.05) is 0 Å². The molecular weight excluding hydrogens is 741 g/mol. The minimum absolute atomic E-state index is 0.477. The Morgan fingerprint density at radius 1 is 0.426 bits per heavy atom. The Kier molecular flexibility index (Phi) is 9.05. The van der Waals surface area contributed by atoms with Crippen molar-refractivity contribution >= 4 is 65.8 Å². The molecule has 0 amide bonds. The van der Waals surface area contributed by atoms with Gasteiger partial charge >= 0.3 is 0 Å². The maximum Gasteiger partial charge on any atom is 0.135 e. The van der Waals surface area contributed by atoms with Crippen LogP contribution in [0.3, 0.4) is 0 Å². The van der Waals surface area contributed by atoms with Gasteiger partial charge in [-0.3, -0.25) is 0 Å². The van der Waals surface area contributed by atoms with Gasteiger partial charge in [-0.2, -0.15) is 0 Å². The van der Waals surface area contributed by atoms with E-state index >= 15 is 0 Å². The molecule has 0 bridgehead atoms. The van der Waals surface area contributed by atoms with Gasteiger partial charge in [-0.1, -0.05) is 200 Å². The summed E-state index contributed by atoms with van der Waals surface area (Å²) in [5, 5.41) is 9.66. The molecule has 0 unspecified atom stereocenters. The van der Waals surface area contributed by atoms with Gasteiger partial charge < -0.3 is 10.2 Å². The number of nitrogens with two attached hydrogens (primary N) is 1. The van der Waals surface area contributed by atoms with E-state index < -0.39 is 0 Å². The second-order valence-corrected chi connectivity index (χ2v) is 15.6. The van der Waals surface area contributed by atoms with Gasteiger partial charge in [-0.25, -0.2) is 4.99 Å². The summed E-state index contributed by atoms with van der Waals surface area (Å²) in [6, 6.07) is 75.2. The van der Waals surface area contributed by atoms with Crippen LogP contribution in [-0.2, 0) is 6.42 Å². The van der Waals surface area contributed by atoms with Crippen LogP contribution in [0.4, 0.5) is 0 Å². The van der Waals surface area contributed by atoms with Crippen LogP contribution >= 0.6 is 0 Å². The summed E-state index contributed by atoms with van der Waals surface area (Å²) >= 11 is 0. The average molecular weight is 781 g/mol. The van der Waals surface area contributed by atoms with E-state index in [4.69, 9.17) is 15.1 Å². The van der Waals surface area contributed by atoms with Crippen molar-refractivity contribution < 1.29 is 4.42 Å². The summed E-state index contributed by atoms with van der Waals surface area (Å²) in [6.07, 6.45) is 2.87. The van der Waals surface area contributed by atoms with Crippen molar-refractivity contribution in [2.45, 2.75) is 6.42 Å². The number of aliphatic imine (C=N–C) groups is 1. The Labute approximate surface area is 354 Å². The standard InChI is InChI=1S/C58H40N2O/c59-58(43-18-5-2-6-19-43)60-52(34-26-38-14-13-20-44(36-38)45-32-35-54-51(37-45)47-22-11-12-25-53(47)61-54)40-27-29-42(30-28-40)56-49-24-10-9-23-48(49)55(41-16-3-1-4-17-41)50-33-31-39-15-7-8-21-46(39)57(50)56/h1-25,27-37H,26H2,(H2,59,60)/b52-34-. The molecule has 11 rings (SSSR count). The molecule has 3 heteroatoms. The zero-order valence-electron chi connectivity index (χ0n) is 33.4. The summed E-state index contributed by atoms with van der Waals surface area (Å²) < 4.78 is 6.12. The summed E-state index contributed by atoms with van der Waals surface area (Å²) in [7, 11) is 0. The lowest BCUT2D eigenvalue weighted by Gasteiger charge is -2.19. The normalized spacial score (nSPS) is 12.3. The molecule has 61 heavy (non-hydrogen) atoms. The van der Waals surface area contributed by atoms with Crippen molar-refractivity contribution in [3.05, 3.63) is 235 Å². The molecule has 0 atom stereocenters. The molecule has 1 aromatic heterocycles. The minimum Gasteiger partial charge on any atom is -0.456 e. The molecular formula is C58H40N2O. The van der Waals surface area contributed by atoms with Gasteiger partial charge in [0.1, 0.15) is 17.0 Å². The van der Waals surface area contributed by atoms with Crippen molar-refractivity contribution in [2.24, 2.45) is 10.7 Å². The Morgan fingerprint density at radius 3 is 1.84 bits per heavy atom. The van der Waals surface area contributed by atoms with Crippen LogP contribution in [0.2, 0.25) is 0 Å². The predicted octanol–water partition coefficient (Wildman–Crippen LogP) is 15.0. The predicted molar refractivity (Wildman–Crippen MR) is 258 cm³/mol. The molecule has 3 nitrogen and oxygen atoms in total. The number of hydrogen-bond donors (Lipinski definition) is 1. The molecule has 0 radical (unpaired) electrons. The van der Waals surface area contributed by atoms with Gasteiger partial charge in [-0.05, 0) is 101 Å². The van der Waals surface area contributed by atoms with Crippen molar-refractivity contribution in [3.8, 4) is 33.4 Å². The number of para-hydroxylation sites is 1. The lowest BCUT2D eigenvalue weighted by atomic mass is 9.84. The van der Waals surface area contributed by atoms with Gasteiger partial charge in [0, 0.05) is 16.3 Å². The SMILES string of the molecule is NC(=N/C(=C\Cc1cccc(-c2ccc3oc4ccccc4c3c2)c1)c1ccc(-c2c3ccccc3c(-c3ccccc3)c3ccc4ccccc4c23)cc1)c1ccccc1. The molecule has 0 aliphatic carbocycles. The van der Waals surface area contributed by atoms with E-state index in [1.165, 1.54) is 54.6 Å². The molecule has 0 aliphatic rings. The van der Waals surface area contributed by atoms with Crippen LogP contribution in [0.1, 0.15) is 16.7 Å². The van der Waals surface area contributed by atoms with Gasteiger partial charge in [0.25, 0.3) is 0 Å². The second-order valence-electron chi connectivity index (χ2n) is 15.6. The van der Waals surface area contributed by atoms with Crippen molar-refractivity contribution in [3.63, 3.8) is 0 Å². The fourth-order valence-corrected chi connectivity index (χ4v) is 9.00. The molecule has 1 heterocycles. The zero-order valence-corrected chi connectivity index (χ0v) is 33.4. The zero-order chi connectivity index (χ0) is 40.7. The van der Waals surface area contributed by atoms with Crippen molar-refractivity contribution in [1.29, 1.82) is 0 Å². The molecule has 0 saturated heterocycles. The highest BCUT2D eigenvalue weighted by molar-refractivity contribution is 6.28. The van der Waals surface area contributed by atoms with Gasteiger partial charge in [0.05, 0.1) is 5.70 Å². The lowest BCUT2D eigenvalue weighted by Crippen LogP contribution is -2.13. The van der Waals surface area contributed by atoms with E-state index in [2.05, 4.69) is 176 Å². The van der Waals surface area contributed by atoms with Gasteiger partial charge in [0.15, 0.2) is 0 Å². The van der Waals surface area contributed by atoms with Crippen LogP contribution in [0.5, 0.6) is 0 Å². The van der Waals surface area contributed by atoms with E-state index in [1.807, 2.05) is 42.5 Å². The maximum atomic E-state index is 6.74. The molecule has 2 N–H and O–H groups in total. The monoisotopic (exact) mass is 780 g/mol. The fourth-order valence-electron chi connectivity index (χ4n) is 9.00. The Balaban J connectivity index is 1.02. The molecule has 0 spiro atoms. The number of allylic oxidation sites excluding steroid dienone is 1. The maximum absolute atomic E-state index is 6.74. The Morgan fingerprint density at radius 2 is 1.03 bits per heavy atom. The minimum atomic E-state index is 0.477. The summed E-state index contributed by atoms with van der Waals surface area (Å²) in [5.41, 5.74) is 19.6. The second kappa shape index (κ2) is 15.3. The summed E-state index contributed by atoms with van der Waals surface area (Å²) in [6.45, 7) is 0. The van der Waals surface area contributed by atoms with Crippen LogP contribution in [0.25, 0.3) is 93.3 Å². The number of amidine groups is 1. The number of nitrogens with zero attached hydrogens (tertiary/aromatic N) is 1. The fraction of sp³-hybridized carbons (Fsp3) is 0.0172. The third-order valence-electron chi connectivity index (χ3n) is 11.9. The third kappa shape index (κ3) is 6.63. The molecule has 11 aromatic rings. The number of rotatable bonds is 8. The highest BCUT2D eigenvalue weighted by Crippen LogP contribution is 2.46. The van der Waals surface area contributed by atoms with E-state index in [0.29, 0.717) is 12.3 Å². The van der Waals surface area contributed by atoms with Crippen molar-refractivity contribution in [1.82, 2.24) is 0 Å². The molecule has 10 aromatic carbocycles. The average Bonchev–Trinajstić information content (AvgIpc) is 3.71. The van der Waals surface area contributed by atoms with Crippen LogP contribution < -0.4 is 5.73 Å². The number of hydrogen-bond acceptors (Lipinski definition) is 2. The van der Waals surface area contributed by atoms with Crippen LogP contribution in [-0.4, -0.2) is 5.84 Å². The van der Waals surface area contributed by atoms with E-state index in [-0.39, 0.29) is 0 Å². The first-order chi connectivity index (χ1) is 30.2. The summed E-state index contributed by atoms with van der Waals surface area (Å²) in [5.74, 6) is 0.477. The number of furan rings is 1. The summed E-state index contributed by atoms with van der Waals surface area (Å²) in [4.78, 5) is 5.10. The highest BCUT2D eigenvalue weighted by atomic mass is 16.3. The molecule has 0 fully saturated rings. The Hall–Kier alpha value is -8.01. The van der Waals surface area contributed by atoms with Crippen LogP contribution in [0, 0.1) is 0 Å². The third-order valence-corrected chi connectivity index (χ3v) is 11.9. The van der Waals surface area contributed by atoms with E-state index in [0.717, 1.165) is 55.5 Å². The quantitative estimate of drug-likeness (QED) is 0.0722. The Bertz CT molecular complexity index is 3490. The highest BCUT2D eigenvalue weighted by Gasteiger charge is 2.19. The molecule has 0 aliphatic heterocycles. The molecule has 288 valence electrons. The van der Waals surface area contributed by atoms with Gasteiger partial charge in [-0.15, -0.1) is 0 Å². The molecule has 0 saturated carbocycles. The van der Waals surface area contributed by atoms with E-state index in [9.17, 15) is 0 Å². The largest absolute Gasteiger partial charge is 0.456 e. The van der Waals surface area contributed by atoms with Gasteiger partial charge in [0.2, 0.25) is 0 Å². The van der Waals surface area contributed by atoms with Crippen LogP contribution in [0.15, 0.2) is 228 Å². The first kappa shape index (κ1) is 36.1. The first-order valence-corrected chi connectivity index (χ1v) is 20.8. The topological polar surface area (TPSA) is 51.5 Å². The lowest BCUT2D eigenvalue weighted by molar-refractivity contribution is 0.669. The van der Waals surface area contributed by atoms with E-state index in [1.54, 1.807) is 0 Å². The first-order valence-electron chi connectivity index (χ1n) is 20.8. The smallest absolute Gasteiger partial charge is 0.135 e.